The molecule has 4 rings (SSSR count). The Morgan fingerprint density at radius 2 is 2.03 bits per heavy atom. The number of likely N-dealkylation sites (tertiary alicyclic amines) is 1. The van der Waals surface area contributed by atoms with Crippen molar-refractivity contribution in [3.8, 4) is 17.3 Å². The van der Waals surface area contributed by atoms with Crippen LogP contribution >= 0.6 is 0 Å². The van der Waals surface area contributed by atoms with Crippen LogP contribution in [0.3, 0.4) is 0 Å². The maximum Gasteiger partial charge on any atom is 0.259 e. The fraction of sp³-hybridized carbons (Fsp3) is 0.500. The van der Waals surface area contributed by atoms with Crippen LogP contribution in [0.4, 0.5) is 0 Å². The summed E-state index contributed by atoms with van der Waals surface area (Å²) in [5.41, 5.74) is 1.97. The van der Waals surface area contributed by atoms with Gasteiger partial charge >= 0.3 is 0 Å². The molecule has 1 aliphatic rings. The summed E-state index contributed by atoms with van der Waals surface area (Å²) in [5, 5.41) is 8.47. The highest BCUT2D eigenvalue weighted by molar-refractivity contribution is 5.95. The van der Waals surface area contributed by atoms with E-state index in [9.17, 15) is 4.79 Å². The molecule has 0 aliphatic carbocycles. The molecule has 0 bridgehead atoms. The number of hydrogen-bond donors (Lipinski definition) is 0. The Morgan fingerprint density at radius 1 is 1.23 bits per heavy atom. The lowest BCUT2D eigenvalue weighted by Crippen LogP contribution is -2.39. The lowest BCUT2D eigenvalue weighted by Gasteiger charge is -2.30. The zero-order valence-electron chi connectivity index (χ0n) is 18.2. The molecule has 1 aliphatic heterocycles. The number of piperidine rings is 1. The summed E-state index contributed by atoms with van der Waals surface area (Å²) in [4.78, 5) is 23.9. The number of carbonyl (C=O) groups excluding carboxylic acids is 1. The molecule has 8 heteroatoms. The van der Waals surface area contributed by atoms with E-state index >= 15 is 0 Å². The lowest BCUT2D eigenvalue weighted by molar-refractivity contribution is 0.0682. The van der Waals surface area contributed by atoms with Gasteiger partial charge in [-0.3, -0.25) is 4.79 Å². The van der Waals surface area contributed by atoms with Crippen molar-refractivity contribution in [1.82, 2.24) is 29.8 Å². The molecule has 1 atom stereocenters. The van der Waals surface area contributed by atoms with Crippen LogP contribution < -0.4 is 0 Å². The van der Waals surface area contributed by atoms with Crippen molar-refractivity contribution >= 4 is 5.91 Å². The van der Waals surface area contributed by atoms with E-state index in [0.717, 1.165) is 30.8 Å². The number of nitrogens with zero attached hydrogens (tertiary/aromatic N) is 6. The zero-order valence-corrected chi connectivity index (χ0v) is 18.2. The molecule has 1 saturated heterocycles. The maximum atomic E-state index is 13.0. The van der Waals surface area contributed by atoms with Crippen LogP contribution in [0, 0.1) is 12.8 Å². The van der Waals surface area contributed by atoms with Gasteiger partial charge in [0.1, 0.15) is 0 Å². The first kappa shape index (κ1) is 20.3. The molecule has 0 unspecified atom stereocenters. The molecule has 3 aromatic rings. The summed E-state index contributed by atoms with van der Waals surface area (Å²) < 4.78 is 7.08. The Hall–Kier alpha value is -3.03. The van der Waals surface area contributed by atoms with Crippen molar-refractivity contribution < 1.29 is 9.32 Å². The third-order valence-corrected chi connectivity index (χ3v) is 5.49. The third-order valence-electron chi connectivity index (χ3n) is 5.49. The molecule has 1 fully saturated rings. The summed E-state index contributed by atoms with van der Waals surface area (Å²) in [6.45, 7) is 11.8. The zero-order chi connectivity index (χ0) is 21.5. The van der Waals surface area contributed by atoms with E-state index in [1.807, 2.05) is 44.7 Å². The van der Waals surface area contributed by atoms with Crippen LogP contribution in [0.1, 0.15) is 62.4 Å². The quantitative estimate of drug-likeness (QED) is 0.655. The molecule has 30 heavy (non-hydrogen) atoms. The second-order valence-corrected chi connectivity index (χ2v) is 9.13. The van der Waals surface area contributed by atoms with Gasteiger partial charge in [-0.25, -0.2) is 9.67 Å². The van der Waals surface area contributed by atoms with Crippen LogP contribution in [-0.4, -0.2) is 48.8 Å². The monoisotopic (exact) mass is 408 g/mol. The number of amides is 1. The minimum atomic E-state index is -0.184. The Bertz CT molecular complexity index is 1040. The van der Waals surface area contributed by atoms with Gasteiger partial charge in [-0.15, -0.1) is 0 Å². The molecule has 1 amide bonds. The molecule has 0 saturated carbocycles. The molecule has 0 radical (unpaired) electrons. The highest BCUT2D eigenvalue weighted by atomic mass is 16.5. The first-order chi connectivity index (χ1) is 14.2. The summed E-state index contributed by atoms with van der Waals surface area (Å²) in [6, 6.07) is 3.71. The molecule has 4 heterocycles. The highest BCUT2D eigenvalue weighted by Crippen LogP contribution is 2.24. The van der Waals surface area contributed by atoms with Gasteiger partial charge in [0, 0.05) is 24.7 Å². The van der Waals surface area contributed by atoms with E-state index in [1.165, 1.54) is 6.42 Å². The average molecular weight is 409 g/mol. The molecule has 0 N–H and O–H groups in total. The minimum absolute atomic E-state index is 0.0440. The Balaban J connectivity index is 1.55. The van der Waals surface area contributed by atoms with Crippen molar-refractivity contribution in [3.63, 3.8) is 0 Å². The maximum absolute atomic E-state index is 13.0. The Kier molecular flexibility index (Phi) is 5.17. The van der Waals surface area contributed by atoms with Crippen molar-refractivity contribution in [2.45, 2.75) is 52.9 Å². The van der Waals surface area contributed by atoms with Gasteiger partial charge in [-0.2, -0.15) is 10.1 Å². The van der Waals surface area contributed by atoms with Crippen LogP contribution in [0.25, 0.3) is 17.3 Å². The summed E-state index contributed by atoms with van der Waals surface area (Å²) in [7, 11) is 0. The van der Waals surface area contributed by atoms with E-state index < -0.39 is 0 Å². The largest absolute Gasteiger partial charge is 0.338 e. The smallest absolute Gasteiger partial charge is 0.259 e. The van der Waals surface area contributed by atoms with E-state index in [1.54, 1.807) is 17.1 Å². The Labute approximate surface area is 176 Å². The van der Waals surface area contributed by atoms with Crippen molar-refractivity contribution in [1.29, 1.82) is 0 Å². The van der Waals surface area contributed by atoms with Crippen LogP contribution in [0.5, 0.6) is 0 Å². The van der Waals surface area contributed by atoms with E-state index in [2.05, 4.69) is 27.1 Å². The fourth-order valence-corrected chi connectivity index (χ4v) is 3.68. The van der Waals surface area contributed by atoms with Gasteiger partial charge in [0.25, 0.3) is 11.8 Å². The number of carbonyl (C=O) groups is 1. The highest BCUT2D eigenvalue weighted by Gasteiger charge is 2.25. The first-order valence-corrected chi connectivity index (χ1v) is 10.4. The molecule has 0 spiro atoms. The van der Waals surface area contributed by atoms with Gasteiger partial charge in [-0.1, -0.05) is 32.9 Å². The van der Waals surface area contributed by atoms with Gasteiger partial charge in [0.15, 0.2) is 11.6 Å². The number of pyridine rings is 1. The summed E-state index contributed by atoms with van der Waals surface area (Å²) in [6.07, 6.45) is 5.55. The van der Waals surface area contributed by atoms with Crippen LogP contribution in [-0.2, 0) is 5.41 Å². The molecule has 0 aromatic carbocycles. The third kappa shape index (κ3) is 3.86. The number of hydrogen-bond acceptors (Lipinski definition) is 6. The Morgan fingerprint density at radius 3 is 2.67 bits per heavy atom. The predicted octanol–water partition coefficient (Wildman–Crippen LogP) is 3.80. The molecule has 8 nitrogen and oxygen atoms in total. The van der Waals surface area contributed by atoms with Crippen molar-refractivity contribution in [2.24, 2.45) is 5.92 Å². The second kappa shape index (κ2) is 7.66. The van der Waals surface area contributed by atoms with E-state index in [-0.39, 0.29) is 11.3 Å². The van der Waals surface area contributed by atoms with Gasteiger partial charge in [0.2, 0.25) is 0 Å². The molecule has 158 valence electrons. The van der Waals surface area contributed by atoms with Gasteiger partial charge in [0.05, 0.1) is 23.0 Å². The SMILES string of the molecule is Cc1c(C(=O)N2CCC[C@@H](C)C2)cnn1-c1ccc(-c2nc(C(C)(C)C)no2)cn1. The fourth-order valence-electron chi connectivity index (χ4n) is 3.68. The minimum Gasteiger partial charge on any atom is -0.338 e. The molecular formula is C22H28N6O2. The average Bonchev–Trinajstić information content (AvgIpc) is 3.35. The first-order valence-electron chi connectivity index (χ1n) is 10.4. The standard InChI is InChI=1S/C22H28N6O2/c1-14-7-6-10-27(13-14)20(29)17-12-24-28(15(17)2)18-9-8-16(11-23-18)19-25-21(26-30-19)22(3,4)5/h8-9,11-12,14H,6-7,10,13H2,1-5H3/t14-/m1/s1. The van der Waals surface area contributed by atoms with Crippen LogP contribution in [0.15, 0.2) is 29.0 Å². The number of aromatic nitrogens is 5. The predicted molar refractivity (Wildman–Crippen MR) is 112 cm³/mol. The lowest BCUT2D eigenvalue weighted by atomic mass is 9.96. The normalized spacial score (nSPS) is 17.4. The summed E-state index contributed by atoms with van der Waals surface area (Å²) >= 11 is 0. The molecular weight excluding hydrogens is 380 g/mol. The number of rotatable bonds is 3. The van der Waals surface area contributed by atoms with Crippen molar-refractivity contribution in [2.75, 3.05) is 13.1 Å². The summed E-state index contributed by atoms with van der Waals surface area (Å²) in [5.74, 6) is 2.31. The van der Waals surface area contributed by atoms with E-state index in [4.69, 9.17) is 4.52 Å². The topological polar surface area (TPSA) is 89.9 Å². The van der Waals surface area contributed by atoms with Crippen molar-refractivity contribution in [3.05, 3.63) is 41.6 Å². The van der Waals surface area contributed by atoms with Crippen LogP contribution in [0.2, 0.25) is 0 Å². The van der Waals surface area contributed by atoms with E-state index in [0.29, 0.717) is 29.0 Å². The van der Waals surface area contributed by atoms with Gasteiger partial charge in [-0.05, 0) is 37.8 Å². The second-order valence-electron chi connectivity index (χ2n) is 9.13. The van der Waals surface area contributed by atoms with Gasteiger partial charge < -0.3 is 9.42 Å². The molecule has 3 aromatic heterocycles.